The minimum atomic E-state index is -3.86. The van der Waals surface area contributed by atoms with E-state index in [4.69, 9.17) is 4.74 Å². The molecule has 2 saturated carbocycles. The molecule has 7 heteroatoms. The zero-order valence-corrected chi connectivity index (χ0v) is 21.2. The first-order chi connectivity index (χ1) is 16.7. The van der Waals surface area contributed by atoms with Crippen molar-refractivity contribution in [3.05, 3.63) is 65.2 Å². The summed E-state index contributed by atoms with van der Waals surface area (Å²) in [5.74, 6) is 1.22. The number of rotatable bonds is 2. The number of hydrogen-bond donors (Lipinski definition) is 1. The lowest BCUT2D eigenvalue weighted by atomic mass is 9.63. The van der Waals surface area contributed by atoms with E-state index < -0.39 is 10.0 Å². The predicted octanol–water partition coefficient (Wildman–Crippen LogP) is 6.01. The van der Waals surface area contributed by atoms with Gasteiger partial charge >= 0.3 is 0 Å². The van der Waals surface area contributed by atoms with Crippen LogP contribution in [-0.4, -0.2) is 24.5 Å². The molecule has 0 saturated heterocycles. The van der Waals surface area contributed by atoms with Gasteiger partial charge in [0.2, 0.25) is 11.8 Å². The third kappa shape index (κ3) is 4.20. The summed E-state index contributed by atoms with van der Waals surface area (Å²) >= 11 is 0. The second kappa shape index (κ2) is 8.05. The number of aryl methyl sites for hydroxylation is 2. The van der Waals surface area contributed by atoms with E-state index in [1.807, 2.05) is 50.2 Å². The van der Waals surface area contributed by atoms with Crippen molar-refractivity contribution in [1.82, 2.24) is 9.97 Å². The number of anilines is 1. The van der Waals surface area contributed by atoms with Crippen molar-refractivity contribution in [2.45, 2.75) is 69.8 Å². The number of sulfonamides is 1. The Kier molecular flexibility index (Phi) is 5.18. The van der Waals surface area contributed by atoms with Gasteiger partial charge in [0, 0.05) is 11.6 Å². The van der Waals surface area contributed by atoms with Gasteiger partial charge in [0.15, 0.2) is 0 Å². The number of hydrogen-bond acceptors (Lipinski definition) is 5. The highest BCUT2D eigenvalue weighted by atomic mass is 32.2. The molecule has 6 nitrogen and oxygen atoms in total. The average molecular weight is 490 g/mol. The van der Waals surface area contributed by atoms with Gasteiger partial charge in [0.25, 0.3) is 10.0 Å². The van der Waals surface area contributed by atoms with Crippen LogP contribution in [0, 0.1) is 25.2 Å². The first kappa shape index (κ1) is 22.5. The number of nitrogens with one attached hydrogen (secondary N) is 1. The molecule has 0 amide bonds. The Morgan fingerprint density at radius 3 is 2.43 bits per heavy atom. The lowest BCUT2D eigenvalue weighted by Gasteiger charge is -2.42. The average Bonchev–Trinajstić information content (AvgIpc) is 3.57. The molecule has 2 atom stereocenters. The molecule has 3 aliphatic rings. The molecule has 2 fully saturated rings. The fraction of sp³-hybridized carbons (Fsp3) is 0.429. The van der Waals surface area contributed by atoms with Gasteiger partial charge in [-0.15, -0.1) is 0 Å². The van der Waals surface area contributed by atoms with Crippen LogP contribution in [0.25, 0.3) is 11.3 Å². The van der Waals surface area contributed by atoms with Gasteiger partial charge in [-0.05, 0) is 98.9 Å². The molecule has 2 aromatic carbocycles. The molecule has 182 valence electrons. The number of aromatic nitrogens is 2. The molecule has 0 radical (unpaired) electrons. The fourth-order valence-electron chi connectivity index (χ4n) is 6.10. The van der Waals surface area contributed by atoms with E-state index in [1.165, 1.54) is 25.7 Å². The molecular weight excluding hydrogens is 458 g/mol. The van der Waals surface area contributed by atoms with Gasteiger partial charge in [-0.25, -0.2) is 18.1 Å². The topological polar surface area (TPSA) is 81.2 Å². The molecule has 1 aromatic heterocycles. The standard InChI is InChI=1S/C28H31N3O3S/c1-17-6-4-7-18(2)26(17)24-14-25-30-27(29-24)31-35(32,33)22-9-5-8-20(13-22)23(12-19(3)34-25)21-15-28(16-21)10-11-28/h4-9,13-14,19,21,23H,10-12,15-16H2,1-3H3,(H,29,30,31)/t19-,23?/m1/s1. The van der Waals surface area contributed by atoms with Crippen LogP contribution >= 0.6 is 0 Å². The summed E-state index contributed by atoms with van der Waals surface area (Å²) in [7, 11) is -3.86. The van der Waals surface area contributed by atoms with E-state index in [-0.39, 0.29) is 22.9 Å². The van der Waals surface area contributed by atoms with Crippen LogP contribution < -0.4 is 9.46 Å². The maximum absolute atomic E-state index is 13.4. The number of benzene rings is 2. The molecule has 1 spiro atoms. The highest BCUT2D eigenvalue weighted by molar-refractivity contribution is 7.92. The van der Waals surface area contributed by atoms with Crippen LogP contribution in [-0.2, 0) is 10.0 Å². The van der Waals surface area contributed by atoms with E-state index in [0.29, 0.717) is 22.9 Å². The van der Waals surface area contributed by atoms with E-state index in [1.54, 1.807) is 6.07 Å². The normalized spacial score (nSPS) is 25.9. The lowest BCUT2D eigenvalue weighted by Crippen LogP contribution is -2.33. The number of nitrogens with zero attached hydrogens (tertiary/aromatic N) is 2. The molecule has 1 aliphatic heterocycles. The summed E-state index contributed by atoms with van der Waals surface area (Å²) in [6.45, 7) is 6.13. The van der Waals surface area contributed by atoms with Gasteiger partial charge in [-0.1, -0.05) is 30.3 Å². The van der Waals surface area contributed by atoms with E-state index >= 15 is 0 Å². The molecular formula is C28H31N3O3S. The van der Waals surface area contributed by atoms with Crippen LogP contribution in [0.3, 0.4) is 0 Å². The third-order valence-electron chi connectivity index (χ3n) is 8.09. The third-order valence-corrected chi connectivity index (χ3v) is 9.41. The Balaban J connectivity index is 1.44. The second-order valence-corrected chi connectivity index (χ2v) is 12.5. The summed E-state index contributed by atoms with van der Waals surface area (Å²) in [4.78, 5) is 9.29. The maximum atomic E-state index is 13.4. The zero-order valence-electron chi connectivity index (χ0n) is 20.4. The first-order valence-electron chi connectivity index (χ1n) is 12.5. The molecule has 4 bridgehead atoms. The fourth-order valence-corrected chi connectivity index (χ4v) is 7.10. The Morgan fingerprint density at radius 1 is 1.00 bits per heavy atom. The van der Waals surface area contributed by atoms with E-state index in [2.05, 4.69) is 27.7 Å². The summed E-state index contributed by atoms with van der Waals surface area (Å²) in [5.41, 5.74) is 5.38. The smallest absolute Gasteiger partial charge is 0.264 e. The van der Waals surface area contributed by atoms with Crippen molar-refractivity contribution in [2.24, 2.45) is 11.3 Å². The summed E-state index contributed by atoms with van der Waals surface area (Å²) in [6.07, 6.45) is 5.87. The highest BCUT2D eigenvalue weighted by Crippen LogP contribution is 2.66. The van der Waals surface area contributed by atoms with Crippen LogP contribution in [0.2, 0.25) is 0 Å². The van der Waals surface area contributed by atoms with Gasteiger partial charge < -0.3 is 4.74 Å². The molecule has 1 N–H and O–H groups in total. The Labute approximate surface area is 207 Å². The minimum absolute atomic E-state index is 0.0181. The maximum Gasteiger partial charge on any atom is 0.264 e. The predicted molar refractivity (Wildman–Crippen MR) is 136 cm³/mol. The van der Waals surface area contributed by atoms with Gasteiger partial charge in [-0.2, -0.15) is 4.98 Å². The van der Waals surface area contributed by atoms with Crippen LogP contribution in [0.5, 0.6) is 5.88 Å². The second-order valence-electron chi connectivity index (χ2n) is 10.8. The van der Waals surface area contributed by atoms with Gasteiger partial charge in [0.1, 0.15) is 0 Å². The number of fused-ring (bicyclic) bond motifs is 4. The van der Waals surface area contributed by atoms with Crippen molar-refractivity contribution < 1.29 is 13.2 Å². The SMILES string of the molecule is Cc1cccc(C)c1-c1cc2nc(n1)NS(=O)(=O)c1cccc(c1)C(C1CC3(CC3)C1)C[C@@H](C)O2. The van der Waals surface area contributed by atoms with Crippen LogP contribution in [0.15, 0.2) is 53.4 Å². The van der Waals surface area contributed by atoms with Crippen LogP contribution in [0.4, 0.5) is 5.95 Å². The van der Waals surface area contributed by atoms with Crippen molar-refractivity contribution >= 4 is 16.0 Å². The Hall–Kier alpha value is -2.93. The van der Waals surface area contributed by atoms with Crippen molar-refractivity contribution in [1.29, 1.82) is 0 Å². The molecule has 2 heterocycles. The van der Waals surface area contributed by atoms with Crippen molar-refractivity contribution in [3.63, 3.8) is 0 Å². The van der Waals surface area contributed by atoms with Crippen molar-refractivity contribution in [2.75, 3.05) is 4.72 Å². The number of ether oxygens (including phenoxy) is 1. The first-order valence-corrected chi connectivity index (χ1v) is 13.9. The van der Waals surface area contributed by atoms with Crippen LogP contribution in [0.1, 0.15) is 61.6 Å². The molecule has 6 rings (SSSR count). The molecule has 3 aromatic rings. The van der Waals surface area contributed by atoms with Crippen molar-refractivity contribution in [3.8, 4) is 17.1 Å². The largest absolute Gasteiger partial charge is 0.474 e. The van der Waals surface area contributed by atoms with Gasteiger partial charge in [-0.3, -0.25) is 0 Å². The minimum Gasteiger partial charge on any atom is -0.474 e. The van der Waals surface area contributed by atoms with E-state index in [9.17, 15) is 8.42 Å². The quantitative estimate of drug-likeness (QED) is 0.477. The van der Waals surface area contributed by atoms with Gasteiger partial charge in [0.05, 0.1) is 16.7 Å². The van der Waals surface area contributed by atoms with E-state index in [0.717, 1.165) is 28.7 Å². The summed E-state index contributed by atoms with van der Waals surface area (Å²) in [6, 6.07) is 15.3. The molecule has 2 aliphatic carbocycles. The monoisotopic (exact) mass is 489 g/mol. The summed E-state index contributed by atoms with van der Waals surface area (Å²) < 4.78 is 35.7. The Bertz CT molecular complexity index is 1390. The lowest BCUT2D eigenvalue weighted by molar-refractivity contribution is 0.104. The Morgan fingerprint density at radius 2 is 1.71 bits per heavy atom. The molecule has 1 unspecified atom stereocenters. The molecule has 35 heavy (non-hydrogen) atoms. The highest BCUT2D eigenvalue weighted by Gasteiger charge is 2.54. The zero-order chi connectivity index (χ0) is 24.4. The summed E-state index contributed by atoms with van der Waals surface area (Å²) in [5, 5.41) is 0.